The fraction of sp³-hybridized carbons (Fsp3) is 0.125. The Morgan fingerprint density at radius 2 is 2.31 bits per heavy atom. The molecule has 2 rings (SSSR count). The van der Waals surface area contributed by atoms with Gasteiger partial charge in [-0.3, -0.25) is 0 Å². The first-order chi connectivity index (χ1) is 6.22. The summed E-state index contributed by atoms with van der Waals surface area (Å²) in [6, 6.07) is 3.81. The molecule has 0 saturated carbocycles. The van der Waals surface area contributed by atoms with Crippen LogP contribution in [0.1, 0.15) is 0 Å². The Bertz CT molecular complexity index is 455. The van der Waals surface area contributed by atoms with Crippen LogP contribution in [-0.4, -0.2) is 12.1 Å². The van der Waals surface area contributed by atoms with Crippen molar-refractivity contribution in [3.63, 3.8) is 0 Å². The summed E-state index contributed by atoms with van der Waals surface area (Å²) in [7, 11) is 1.63. The summed E-state index contributed by atoms with van der Waals surface area (Å²) in [5.41, 5.74) is 6.48. The van der Waals surface area contributed by atoms with Crippen molar-refractivity contribution in [3.05, 3.63) is 16.6 Å². The van der Waals surface area contributed by atoms with Gasteiger partial charge in [0.2, 0.25) is 0 Å². The molecule has 0 aliphatic heterocycles. The minimum absolute atomic E-state index is 0.561. The largest absolute Gasteiger partial charge is 0.494 e. The smallest absolute Gasteiger partial charge is 0.181 e. The van der Waals surface area contributed by atoms with E-state index in [4.69, 9.17) is 10.5 Å². The average Bonchev–Trinajstić information content (AvgIpc) is 2.45. The Hall–Kier alpha value is -0.810. The molecule has 0 saturated heterocycles. The second kappa shape index (κ2) is 3.16. The number of aromatic nitrogens is 1. The monoisotopic (exact) mass is 258 g/mol. The molecule has 68 valence electrons. The molecule has 0 aliphatic carbocycles. The number of rotatable bonds is 1. The van der Waals surface area contributed by atoms with E-state index in [0.717, 1.165) is 20.4 Å². The van der Waals surface area contributed by atoms with Gasteiger partial charge in [0.15, 0.2) is 10.9 Å². The SMILES string of the molecule is COc1c(Br)ccc2nc(N)sc12. The van der Waals surface area contributed by atoms with E-state index < -0.39 is 0 Å². The molecule has 0 atom stereocenters. The molecular formula is C8H7BrN2OS. The minimum atomic E-state index is 0.561. The lowest BCUT2D eigenvalue weighted by Crippen LogP contribution is -1.83. The van der Waals surface area contributed by atoms with Crippen molar-refractivity contribution in [3.8, 4) is 5.75 Å². The number of ether oxygens (including phenoxy) is 1. The lowest BCUT2D eigenvalue weighted by atomic mass is 10.3. The minimum Gasteiger partial charge on any atom is -0.494 e. The van der Waals surface area contributed by atoms with Crippen molar-refractivity contribution in [1.29, 1.82) is 0 Å². The molecule has 5 heteroatoms. The first-order valence-electron chi connectivity index (χ1n) is 3.61. The van der Waals surface area contributed by atoms with Crippen molar-refractivity contribution >= 4 is 42.6 Å². The molecule has 0 radical (unpaired) electrons. The van der Waals surface area contributed by atoms with Gasteiger partial charge in [-0.15, -0.1) is 0 Å². The van der Waals surface area contributed by atoms with Crippen molar-refractivity contribution in [2.24, 2.45) is 0 Å². The number of benzene rings is 1. The molecule has 1 aromatic carbocycles. The van der Waals surface area contributed by atoms with Crippen LogP contribution in [0.3, 0.4) is 0 Å². The van der Waals surface area contributed by atoms with E-state index in [2.05, 4.69) is 20.9 Å². The Morgan fingerprint density at radius 3 is 3.00 bits per heavy atom. The molecule has 13 heavy (non-hydrogen) atoms. The van der Waals surface area contributed by atoms with Crippen LogP contribution in [0.15, 0.2) is 16.6 Å². The zero-order chi connectivity index (χ0) is 9.42. The summed E-state index contributed by atoms with van der Waals surface area (Å²) < 4.78 is 7.14. The number of nitrogen functional groups attached to an aromatic ring is 1. The fourth-order valence-electron chi connectivity index (χ4n) is 1.15. The third kappa shape index (κ3) is 1.38. The number of anilines is 1. The van der Waals surface area contributed by atoms with Crippen LogP contribution in [0.25, 0.3) is 10.2 Å². The molecule has 0 bridgehead atoms. The van der Waals surface area contributed by atoms with Gasteiger partial charge in [-0.1, -0.05) is 11.3 Å². The molecule has 0 aliphatic rings. The standard InChI is InChI=1S/C8H7BrN2OS/c1-12-6-4(9)2-3-5-7(6)13-8(10)11-5/h2-3H,1H3,(H2,10,11). The number of methoxy groups -OCH3 is 1. The summed E-state index contributed by atoms with van der Waals surface area (Å²) in [4.78, 5) is 4.16. The highest BCUT2D eigenvalue weighted by molar-refractivity contribution is 9.10. The van der Waals surface area contributed by atoms with E-state index in [9.17, 15) is 0 Å². The number of halogens is 1. The molecule has 2 aromatic rings. The topological polar surface area (TPSA) is 48.1 Å². The maximum absolute atomic E-state index is 5.60. The van der Waals surface area contributed by atoms with Gasteiger partial charge in [-0.05, 0) is 28.1 Å². The van der Waals surface area contributed by atoms with Crippen LogP contribution in [0, 0.1) is 0 Å². The summed E-state index contributed by atoms with van der Waals surface area (Å²) in [5.74, 6) is 0.798. The van der Waals surface area contributed by atoms with Crippen molar-refractivity contribution in [1.82, 2.24) is 4.98 Å². The second-order valence-corrected chi connectivity index (χ2v) is 4.37. The highest BCUT2D eigenvalue weighted by Crippen LogP contribution is 2.37. The van der Waals surface area contributed by atoms with E-state index in [1.54, 1.807) is 7.11 Å². The number of fused-ring (bicyclic) bond motifs is 1. The zero-order valence-electron chi connectivity index (χ0n) is 6.87. The number of hydrogen-bond donors (Lipinski definition) is 1. The first kappa shape index (κ1) is 8.77. The lowest BCUT2D eigenvalue weighted by molar-refractivity contribution is 0.418. The second-order valence-electron chi connectivity index (χ2n) is 2.48. The quantitative estimate of drug-likeness (QED) is 0.856. The molecule has 1 aromatic heterocycles. The van der Waals surface area contributed by atoms with Gasteiger partial charge in [0.1, 0.15) is 0 Å². The van der Waals surface area contributed by atoms with Gasteiger partial charge in [0.05, 0.1) is 21.8 Å². The van der Waals surface area contributed by atoms with Crippen LogP contribution in [-0.2, 0) is 0 Å². The number of hydrogen-bond acceptors (Lipinski definition) is 4. The first-order valence-corrected chi connectivity index (χ1v) is 5.22. The Kier molecular flexibility index (Phi) is 2.13. The lowest BCUT2D eigenvalue weighted by Gasteiger charge is -2.02. The van der Waals surface area contributed by atoms with Gasteiger partial charge < -0.3 is 10.5 Å². The van der Waals surface area contributed by atoms with Gasteiger partial charge in [0.25, 0.3) is 0 Å². The third-order valence-corrected chi connectivity index (χ3v) is 3.21. The fourth-order valence-corrected chi connectivity index (χ4v) is 2.63. The number of nitrogens with zero attached hydrogens (tertiary/aromatic N) is 1. The van der Waals surface area contributed by atoms with E-state index in [-0.39, 0.29) is 0 Å². The van der Waals surface area contributed by atoms with Crippen molar-refractivity contribution in [2.45, 2.75) is 0 Å². The predicted molar refractivity (Wildman–Crippen MR) is 58.3 cm³/mol. The molecule has 0 spiro atoms. The van der Waals surface area contributed by atoms with Crippen LogP contribution in [0.2, 0.25) is 0 Å². The van der Waals surface area contributed by atoms with Crippen LogP contribution < -0.4 is 10.5 Å². The maximum Gasteiger partial charge on any atom is 0.181 e. The van der Waals surface area contributed by atoms with Gasteiger partial charge in [-0.25, -0.2) is 4.98 Å². The van der Waals surface area contributed by atoms with Crippen LogP contribution in [0.5, 0.6) is 5.75 Å². The van der Waals surface area contributed by atoms with E-state index in [1.807, 2.05) is 12.1 Å². The molecule has 0 fully saturated rings. The zero-order valence-corrected chi connectivity index (χ0v) is 9.28. The highest BCUT2D eigenvalue weighted by atomic mass is 79.9. The van der Waals surface area contributed by atoms with Gasteiger partial charge in [0, 0.05) is 0 Å². The van der Waals surface area contributed by atoms with Gasteiger partial charge in [-0.2, -0.15) is 0 Å². The van der Waals surface area contributed by atoms with Crippen molar-refractivity contribution in [2.75, 3.05) is 12.8 Å². The summed E-state index contributed by atoms with van der Waals surface area (Å²) in [6.07, 6.45) is 0. The molecule has 2 N–H and O–H groups in total. The molecule has 3 nitrogen and oxygen atoms in total. The summed E-state index contributed by atoms with van der Waals surface area (Å²) in [6.45, 7) is 0. The van der Waals surface area contributed by atoms with Crippen LogP contribution in [0.4, 0.5) is 5.13 Å². The number of nitrogens with two attached hydrogens (primary N) is 1. The number of thiazole rings is 1. The average molecular weight is 259 g/mol. The Balaban J connectivity index is 2.82. The molecule has 0 amide bonds. The van der Waals surface area contributed by atoms with E-state index in [1.165, 1.54) is 11.3 Å². The summed E-state index contributed by atoms with van der Waals surface area (Å²) >= 11 is 4.83. The Morgan fingerprint density at radius 1 is 1.54 bits per heavy atom. The normalized spacial score (nSPS) is 10.6. The van der Waals surface area contributed by atoms with Crippen LogP contribution >= 0.6 is 27.3 Å². The van der Waals surface area contributed by atoms with Gasteiger partial charge >= 0.3 is 0 Å². The maximum atomic E-state index is 5.60. The third-order valence-electron chi connectivity index (χ3n) is 1.68. The van der Waals surface area contributed by atoms with Crippen molar-refractivity contribution < 1.29 is 4.74 Å². The molecule has 0 unspecified atom stereocenters. The van der Waals surface area contributed by atoms with E-state index >= 15 is 0 Å². The molecule has 1 heterocycles. The Labute approximate surface area is 87.7 Å². The predicted octanol–water partition coefficient (Wildman–Crippen LogP) is 2.65. The highest BCUT2D eigenvalue weighted by Gasteiger charge is 2.09. The van der Waals surface area contributed by atoms with E-state index in [0.29, 0.717) is 5.13 Å². The molecular weight excluding hydrogens is 252 g/mol. The summed E-state index contributed by atoms with van der Waals surface area (Å²) in [5, 5.41) is 0.561.